The van der Waals surface area contributed by atoms with Crippen LogP contribution in [0, 0.1) is 9.39 Å². The summed E-state index contributed by atoms with van der Waals surface area (Å²) in [6, 6.07) is 4.14. The largest absolute Gasteiger partial charge is 0.327 e. The van der Waals surface area contributed by atoms with Crippen LogP contribution in [0.25, 0.3) is 0 Å². The van der Waals surface area contributed by atoms with E-state index in [0.717, 1.165) is 12.8 Å². The first kappa shape index (κ1) is 14.4. The van der Waals surface area contributed by atoms with E-state index in [1.807, 2.05) is 29.5 Å². The van der Waals surface area contributed by atoms with Gasteiger partial charge in [-0.15, -0.1) is 0 Å². The zero-order valence-electron chi connectivity index (χ0n) is 9.67. The molecular formula is C12H16FIN2O. The van der Waals surface area contributed by atoms with Gasteiger partial charge in [0.1, 0.15) is 5.82 Å². The van der Waals surface area contributed by atoms with Gasteiger partial charge in [-0.05, 0) is 47.2 Å². The lowest BCUT2D eigenvalue weighted by Crippen LogP contribution is -2.27. The molecule has 1 rings (SSSR count). The number of rotatable bonds is 5. The summed E-state index contributed by atoms with van der Waals surface area (Å²) in [4.78, 5) is 11.6. The smallest absolute Gasteiger partial charge is 0.225 e. The number of hydrogen-bond donors (Lipinski definition) is 2. The van der Waals surface area contributed by atoms with Gasteiger partial charge >= 0.3 is 0 Å². The van der Waals surface area contributed by atoms with Crippen LogP contribution in [0.2, 0.25) is 0 Å². The molecule has 0 spiro atoms. The predicted molar refractivity (Wildman–Crippen MR) is 75.2 cm³/mol. The molecular weight excluding hydrogens is 334 g/mol. The lowest BCUT2D eigenvalue weighted by molar-refractivity contribution is -0.116. The van der Waals surface area contributed by atoms with E-state index in [2.05, 4.69) is 5.32 Å². The average Bonchev–Trinajstić information content (AvgIpc) is 2.22. The maximum atomic E-state index is 12.9. The number of nitrogens with two attached hydrogens (primary N) is 1. The third-order valence-electron chi connectivity index (χ3n) is 2.31. The highest BCUT2D eigenvalue weighted by molar-refractivity contribution is 14.1. The molecule has 0 fully saturated rings. The molecule has 1 aromatic carbocycles. The van der Waals surface area contributed by atoms with Crippen LogP contribution in [-0.2, 0) is 4.79 Å². The Balaban J connectivity index is 2.56. The summed E-state index contributed by atoms with van der Waals surface area (Å²) in [6.45, 7) is 2.03. The van der Waals surface area contributed by atoms with Crippen LogP contribution in [0.1, 0.15) is 26.2 Å². The molecule has 3 N–H and O–H groups in total. The first-order chi connectivity index (χ1) is 8.02. The van der Waals surface area contributed by atoms with Crippen molar-refractivity contribution in [3.8, 4) is 0 Å². The summed E-state index contributed by atoms with van der Waals surface area (Å²) >= 11 is 1.98. The van der Waals surface area contributed by atoms with Crippen molar-refractivity contribution in [2.75, 3.05) is 5.32 Å². The molecule has 5 heteroatoms. The Labute approximate surface area is 114 Å². The summed E-state index contributed by atoms with van der Waals surface area (Å²) in [7, 11) is 0. The second-order valence-electron chi connectivity index (χ2n) is 3.93. The van der Waals surface area contributed by atoms with E-state index in [-0.39, 0.29) is 17.8 Å². The van der Waals surface area contributed by atoms with Gasteiger partial charge in [0, 0.05) is 16.0 Å². The summed E-state index contributed by atoms with van der Waals surface area (Å²) in [5, 5.41) is 2.73. The van der Waals surface area contributed by atoms with Gasteiger partial charge in [-0.25, -0.2) is 4.39 Å². The zero-order valence-corrected chi connectivity index (χ0v) is 11.8. The number of benzene rings is 1. The minimum absolute atomic E-state index is 0.113. The molecule has 0 aliphatic carbocycles. The van der Waals surface area contributed by atoms with E-state index in [4.69, 9.17) is 5.73 Å². The number of nitrogens with one attached hydrogen (secondary N) is 1. The second-order valence-corrected chi connectivity index (χ2v) is 5.09. The number of carbonyl (C=O) groups excluding carboxylic acids is 1. The normalized spacial score (nSPS) is 12.2. The van der Waals surface area contributed by atoms with Gasteiger partial charge in [0.05, 0.1) is 5.69 Å². The Bertz CT molecular complexity index is 398. The van der Waals surface area contributed by atoms with Crippen molar-refractivity contribution in [2.45, 2.75) is 32.2 Å². The molecule has 1 unspecified atom stereocenters. The van der Waals surface area contributed by atoms with Crippen LogP contribution < -0.4 is 11.1 Å². The van der Waals surface area contributed by atoms with Crippen LogP contribution in [0.15, 0.2) is 18.2 Å². The van der Waals surface area contributed by atoms with E-state index < -0.39 is 0 Å². The van der Waals surface area contributed by atoms with Crippen molar-refractivity contribution in [3.63, 3.8) is 0 Å². The number of hydrogen-bond acceptors (Lipinski definition) is 2. The lowest BCUT2D eigenvalue weighted by Gasteiger charge is -2.11. The summed E-state index contributed by atoms with van der Waals surface area (Å²) in [5.41, 5.74) is 6.40. The molecule has 0 saturated carbocycles. The first-order valence-corrected chi connectivity index (χ1v) is 6.61. The van der Waals surface area contributed by atoms with Gasteiger partial charge in [0.15, 0.2) is 0 Å². The zero-order chi connectivity index (χ0) is 12.8. The Morgan fingerprint density at radius 2 is 2.29 bits per heavy atom. The van der Waals surface area contributed by atoms with E-state index in [1.165, 1.54) is 12.1 Å². The fourth-order valence-electron chi connectivity index (χ4n) is 1.50. The van der Waals surface area contributed by atoms with Gasteiger partial charge in [-0.1, -0.05) is 13.3 Å². The number of anilines is 1. The monoisotopic (exact) mass is 350 g/mol. The Morgan fingerprint density at radius 3 is 2.88 bits per heavy atom. The Hall–Kier alpha value is -0.690. The molecule has 0 aromatic heterocycles. The summed E-state index contributed by atoms with van der Waals surface area (Å²) in [6.07, 6.45) is 2.08. The molecule has 1 amide bonds. The van der Waals surface area contributed by atoms with Crippen LogP contribution in [-0.4, -0.2) is 11.9 Å². The van der Waals surface area contributed by atoms with E-state index >= 15 is 0 Å². The SMILES string of the molecule is CCCC(N)CC(=O)Nc1ccc(F)cc1I. The molecule has 1 atom stereocenters. The predicted octanol–water partition coefficient (Wildman–Crippen LogP) is 2.89. The van der Waals surface area contributed by atoms with Crippen molar-refractivity contribution in [2.24, 2.45) is 5.73 Å². The number of carbonyl (C=O) groups is 1. The van der Waals surface area contributed by atoms with Crippen molar-refractivity contribution >= 4 is 34.2 Å². The van der Waals surface area contributed by atoms with Crippen LogP contribution in [0.3, 0.4) is 0 Å². The Morgan fingerprint density at radius 1 is 1.59 bits per heavy atom. The van der Waals surface area contributed by atoms with E-state index in [0.29, 0.717) is 15.7 Å². The van der Waals surface area contributed by atoms with Crippen LogP contribution in [0.4, 0.5) is 10.1 Å². The first-order valence-electron chi connectivity index (χ1n) is 5.53. The van der Waals surface area contributed by atoms with E-state index in [1.54, 1.807) is 6.07 Å². The molecule has 1 aromatic rings. The molecule has 0 saturated heterocycles. The molecule has 0 aliphatic heterocycles. The molecule has 0 bridgehead atoms. The maximum Gasteiger partial charge on any atom is 0.225 e. The third kappa shape index (κ3) is 4.99. The fraction of sp³-hybridized carbons (Fsp3) is 0.417. The maximum absolute atomic E-state index is 12.9. The van der Waals surface area contributed by atoms with Gasteiger partial charge < -0.3 is 11.1 Å². The highest BCUT2D eigenvalue weighted by Gasteiger charge is 2.10. The Kier molecular flexibility index (Phi) is 5.84. The van der Waals surface area contributed by atoms with Crippen LogP contribution >= 0.6 is 22.6 Å². The van der Waals surface area contributed by atoms with Crippen LogP contribution in [0.5, 0.6) is 0 Å². The van der Waals surface area contributed by atoms with Crippen molar-refractivity contribution in [1.29, 1.82) is 0 Å². The minimum Gasteiger partial charge on any atom is -0.327 e. The summed E-state index contributed by atoms with van der Waals surface area (Å²) < 4.78 is 13.5. The van der Waals surface area contributed by atoms with Gasteiger partial charge in [0.2, 0.25) is 5.91 Å². The van der Waals surface area contributed by atoms with Gasteiger partial charge in [0.25, 0.3) is 0 Å². The molecule has 0 aliphatic rings. The van der Waals surface area contributed by atoms with Gasteiger partial charge in [-0.2, -0.15) is 0 Å². The quantitative estimate of drug-likeness (QED) is 0.803. The summed E-state index contributed by atoms with van der Waals surface area (Å²) in [5.74, 6) is -0.439. The fourth-order valence-corrected chi connectivity index (χ4v) is 2.12. The number of amides is 1. The van der Waals surface area contributed by atoms with E-state index in [9.17, 15) is 9.18 Å². The third-order valence-corrected chi connectivity index (χ3v) is 3.20. The number of halogens is 2. The highest BCUT2D eigenvalue weighted by atomic mass is 127. The lowest BCUT2D eigenvalue weighted by atomic mass is 10.1. The standard InChI is InChI=1S/C12H16FIN2O/c1-2-3-9(15)7-12(17)16-11-5-4-8(13)6-10(11)14/h4-6,9H,2-3,7,15H2,1H3,(H,16,17). The molecule has 3 nitrogen and oxygen atoms in total. The highest BCUT2D eigenvalue weighted by Crippen LogP contribution is 2.19. The average molecular weight is 350 g/mol. The molecule has 17 heavy (non-hydrogen) atoms. The van der Waals surface area contributed by atoms with Crippen molar-refractivity contribution in [3.05, 3.63) is 27.6 Å². The van der Waals surface area contributed by atoms with Crippen molar-refractivity contribution in [1.82, 2.24) is 0 Å². The molecule has 0 radical (unpaired) electrons. The molecule has 94 valence electrons. The van der Waals surface area contributed by atoms with Gasteiger partial charge in [-0.3, -0.25) is 4.79 Å². The topological polar surface area (TPSA) is 55.1 Å². The minimum atomic E-state index is -0.310. The van der Waals surface area contributed by atoms with Crippen molar-refractivity contribution < 1.29 is 9.18 Å². The molecule has 0 heterocycles. The second kappa shape index (κ2) is 6.90.